The van der Waals surface area contributed by atoms with E-state index in [0.717, 1.165) is 33.9 Å². The van der Waals surface area contributed by atoms with Crippen LogP contribution in [-0.2, 0) is 11.2 Å². The molecular formula is C32H29N7O3. The van der Waals surface area contributed by atoms with Crippen LogP contribution in [0.15, 0.2) is 79.3 Å². The maximum absolute atomic E-state index is 13.4. The molecule has 210 valence electrons. The third-order valence-corrected chi connectivity index (χ3v) is 7.72. The molecule has 3 aromatic heterocycles. The topological polar surface area (TPSA) is 105 Å². The highest BCUT2D eigenvalue weighted by atomic mass is 16.5. The minimum absolute atomic E-state index is 0.00394. The van der Waals surface area contributed by atoms with E-state index in [9.17, 15) is 9.59 Å². The smallest absolute Gasteiger partial charge is 0.276 e. The van der Waals surface area contributed by atoms with Crippen molar-refractivity contribution in [2.45, 2.75) is 13.3 Å². The highest BCUT2D eigenvalue weighted by molar-refractivity contribution is 6.06. The molecule has 42 heavy (non-hydrogen) atoms. The molecule has 2 amide bonds. The lowest BCUT2D eigenvalue weighted by Gasteiger charge is -2.26. The molecule has 10 nitrogen and oxygen atoms in total. The van der Waals surface area contributed by atoms with E-state index < -0.39 is 0 Å². The Bertz CT molecular complexity index is 1810. The number of nitrogens with one attached hydrogen (secondary N) is 1. The summed E-state index contributed by atoms with van der Waals surface area (Å²) in [5.74, 6) is 0.493. The molecule has 2 aliphatic heterocycles. The van der Waals surface area contributed by atoms with Gasteiger partial charge in [-0.3, -0.25) is 9.59 Å². The Morgan fingerprint density at radius 3 is 2.52 bits per heavy atom. The summed E-state index contributed by atoms with van der Waals surface area (Å²) in [6, 6.07) is 18.9. The molecule has 1 fully saturated rings. The highest BCUT2D eigenvalue weighted by Crippen LogP contribution is 2.37. The zero-order valence-corrected chi connectivity index (χ0v) is 23.2. The van der Waals surface area contributed by atoms with Crippen molar-refractivity contribution < 1.29 is 14.3 Å². The van der Waals surface area contributed by atoms with E-state index in [2.05, 4.69) is 15.3 Å². The minimum atomic E-state index is -0.106. The molecule has 2 aliphatic rings. The normalized spacial score (nSPS) is 14.7. The molecule has 1 N–H and O–H groups in total. The van der Waals surface area contributed by atoms with Gasteiger partial charge in [0.2, 0.25) is 0 Å². The Balaban J connectivity index is 1.18. The van der Waals surface area contributed by atoms with Crippen molar-refractivity contribution in [2.24, 2.45) is 0 Å². The molecule has 0 radical (unpaired) electrons. The number of hydrogen-bond acceptors (Lipinski definition) is 7. The maximum atomic E-state index is 13.4. The summed E-state index contributed by atoms with van der Waals surface area (Å²) < 4.78 is 7.30. The molecule has 0 spiro atoms. The summed E-state index contributed by atoms with van der Waals surface area (Å²) in [5.41, 5.74) is 7.04. The summed E-state index contributed by atoms with van der Waals surface area (Å²) in [7, 11) is 0. The van der Waals surface area contributed by atoms with Gasteiger partial charge in [0.25, 0.3) is 11.8 Å². The monoisotopic (exact) mass is 559 g/mol. The van der Waals surface area contributed by atoms with Crippen LogP contribution in [0.3, 0.4) is 0 Å². The number of anilines is 3. The number of carbonyl (C=O) groups excluding carboxylic acids is 2. The molecule has 0 unspecified atom stereocenters. The molecule has 2 aromatic carbocycles. The number of nitrogens with zero attached hydrogens (tertiary/aromatic N) is 6. The number of ether oxygens (including phenoxy) is 1. The second-order valence-electron chi connectivity index (χ2n) is 10.4. The van der Waals surface area contributed by atoms with Crippen LogP contribution in [-0.4, -0.2) is 68.9 Å². The van der Waals surface area contributed by atoms with E-state index >= 15 is 0 Å². The second-order valence-corrected chi connectivity index (χ2v) is 10.4. The fourth-order valence-corrected chi connectivity index (χ4v) is 5.61. The molecule has 0 aliphatic carbocycles. The van der Waals surface area contributed by atoms with Crippen molar-refractivity contribution in [2.75, 3.05) is 43.1 Å². The van der Waals surface area contributed by atoms with Gasteiger partial charge >= 0.3 is 0 Å². The summed E-state index contributed by atoms with van der Waals surface area (Å²) in [4.78, 5) is 43.8. The molecule has 5 aromatic rings. The van der Waals surface area contributed by atoms with E-state index in [1.807, 2.05) is 83.2 Å². The van der Waals surface area contributed by atoms with Gasteiger partial charge in [0.15, 0.2) is 11.5 Å². The van der Waals surface area contributed by atoms with Crippen LogP contribution >= 0.6 is 0 Å². The first-order valence-electron chi connectivity index (χ1n) is 14.0. The number of morpholine rings is 1. The Hall–Kier alpha value is -5.09. The van der Waals surface area contributed by atoms with Gasteiger partial charge in [-0.05, 0) is 61.4 Å². The lowest BCUT2D eigenvalue weighted by molar-refractivity contribution is 0.0303. The molecule has 10 heteroatoms. The minimum Gasteiger partial charge on any atom is -0.378 e. The van der Waals surface area contributed by atoms with Gasteiger partial charge < -0.3 is 24.3 Å². The van der Waals surface area contributed by atoms with Crippen molar-refractivity contribution >= 4 is 34.7 Å². The average Bonchev–Trinajstić information content (AvgIpc) is 3.69. The number of amides is 2. The van der Waals surface area contributed by atoms with Gasteiger partial charge in [-0.15, -0.1) is 0 Å². The number of fused-ring (bicyclic) bond motifs is 2. The van der Waals surface area contributed by atoms with Crippen LogP contribution in [0.1, 0.15) is 32.1 Å². The van der Waals surface area contributed by atoms with Crippen molar-refractivity contribution in [3.05, 3.63) is 102 Å². The third-order valence-electron chi connectivity index (χ3n) is 7.72. The largest absolute Gasteiger partial charge is 0.378 e. The molecule has 1 saturated heterocycles. The number of aryl methyl sites for hydroxylation is 1. The summed E-state index contributed by atoms with van der Waals surface area (Å²) >= 11 is 0. The lowest BCUT2D eigenvalue weighted by Crippen LogP contribution is -2.40. The van der Waals surface area contributed by atoms with Crippen molar-refractivity contribution in [3.63, 3.8) is 0 Å². The number of carbonyl (C=O) groups is 2. The summed E-state index contributed by atoms with van der Waals surface area (Å²) in [6.45, 7) is 4.80. The predicted octanol–water partition coefficient (Wildman–Crippen LogP) is 4.52. The molecule has 5 heterocycles. The molecule has 7 rings (SSSR count). The number of benzene rings is 2. The molecule has 0 bridgehead atoms. The van der Waals surface area contributed by atoms with E-state index in [0.29, 0.717) is 62.0 Å². The van der Waals surface area contributed by atoms with Gasteiger partial charge in [-0.1, -0.05) is 18.2 Å². The van der Waals surface area contributed by atoms with Crippen molar-refractivity contribution in [1.29, 1.82) is 0 Å². The van der Waals surface area contributed by atoms with Crippen LogP contribution in [0, 0.1) is 6.92 Å². The standard InChI is InChI=1S/C32H29N7O3/c1-21-4-2-6-26(34-21)32(41)39-14-12-25-24(5-3-7-28(25)39)27-20-38-15-13-33-30(38)29(36-27)35-23-10-8-22(9-11-23)31(40)37-16-18-42-19-17-37/h2-11,13,15,20H,12,14,16-19H2,1H3,(H,35,36). The van der Waals surface area contributed by atoms with Crippen LogP contribution in [0.4, 0.5) is 17.2 Å². The molecule has 0 saturated carbocycles. The van der Waals surface area contributed by atoms with Gasteiger partial charge in [0.05, 0.1) is 18.9 Å². The quantitative estimate of drug-likeness (QED) is 0.338. The number of pyridine rings is 1. The molecule has 0 atom stereocenters. The zero-order chi connectivity index (χ0) is 28.6. The van der Waals surface area contributed by atoms with Gasteiger partial charge in [-0.2, -0.15) is 0 Å². The summed E-state index contributed by atoms with van der Waals surface area (Å²) in [5, 5.41) is 3.40. The van der Waals surface area contributed by atoms with Crippen LogP contribution in [0.25, 0.3) is 16.9 Å². The van der Waals surface area contributed by atoms with E-state index in [1.165, 1.54) is 0 Å². The number of hydrogen-bond donors (Lipinski definition) is 1. The lowest BCUT2D eigenvalue weighted by atomic mass is 10.0. The number of aromatic nitrogens is 4. The molecular weight excluding hydrogens is 530 g/mol. The van der Waals surface area contributed by atoms with Crippen LogP contribution in [0.2, 0.25) is 0 Å². The van der Waals surface area contributed by atoms with Gasteiger partial charge in [0.1, 0.15) is 5.69 Å². The number of imidazole rings is 1. The predicted molar refractivity (Wildman–Crippen MR) is 159 cm³/mol. The highest BCUT2D eigenvalue weighted by Gasteiger charge is 2.29. The number of rotatable bonds is 5. The second kappa shape index (κ2) is 10.7. The first kappa shape index (κ1) is 25.8. The fraction of sp³-hybridized carbons (Fsp3) is 0.219. The van der Waals surface area contributed by atoms with Crippen LogP contribution in [0.5, 0.6) is 0 Å². The van der Waals surface area contributed by atoms with Crippen molar-refractivity contribution in [1.82, 2.24) is 24.3 Å². The zero-order valence-electron chi connectivity index (χ0n) is 23.2. The Morgan fingerprint density at radius 2 is 1.71 bits per heavy atom. The Kier molecular flexibility index (Phi) is 6.59. The van der Waals surface area contributed by atoms with E-state index in [-0.39, 0.29) is 11.8 Å². The first-order chi connectivity index (χ1) is 20.5. The SMILES string of the molecule is Cc1cccc(C(=O)N2CCc3c(-c4cn5ccnc5c(Nc5ccc(C(=O)N6CCOCC6)cc5)n4)cccc32)n1. The van der Waals surface area contributed by atoms with Crippen LogP contribution < -0.4 is 10.2 Å². The average molecular weight is 560 g/mol. The van der Waals surface area contributed by atoms with Gasteiger partial charge in [-0.25, -0.2) is 15.0 Å². The Morgan fingerprint density at radius 1 is 0.905 bits per heavy atom. The fourth-order valence-electron chi connectivity index (χ4n) is 5.61. The van der Waals surface area contributed by atoms with E-state index in [1.54, 1.807) is 17.2 Å². The van der Waals surface area contributed by atoms with Crippen molar-refractivity contribution in [3.8, 4) is 11.3 Å². The maximum Gasteiger partial charge on any atom is 0.276 e. The first-order valence-corrected chi connectivity index (χ1v) is 14.0. The van der Waals surface area contributed by atoms with Gasteiger partial charge in [0, 0.05) is 66.4 Å². The van der Waals surface area contributed by atoms with E-state index in [4.69, 9.17) is 9.72 Å². The Labute approximate surface area is 242 Å². The third kappa shape index (κ3) is 4.75. The summed E-state index contributed by atoms with van der Waals surface area (Å²) in [6.07, 6.45) is 6.30.